The summed E-state index contributed by atoms with van der Waals surface area (Å²) in [5.41, 5.74) is -2.11. The molecule has 2 aromatic rings. The lowest BCUT2D eigenvalue weighted by molar-refractivity contribution is -0.171. The number of carbonyl (C=O) groups is 2. The third-order valence-electron chi connectivity index (χ3n) is 3.61. The van der Waals surface area contributed by atoms with Gasteiger partial charge in [0.05, 0.1) is 6.33 Å². The Balaban J connectivity index is 2.31. The van der Waals surface area contributed by atoms with Crippen molar-refractivity contribution in [3.8, 4) is 5.75 Å². The van der Waals surface area contributed by atoms with Crippen molar-refractivity contribution in [3.63, 3.8) is 0 Å². The molecule has 0 aliphatic carbocycles. The van der Waals surface area contributed by atoms with Crippen molar-refractivity contribution in [2.45, 2.75) is 46.4 Å². The number of aromatic nitrogens is 2. The van der Waals surface area contributed by atoms with E-state index >= 15 is 0 Å². The van der Waals surface area contributed by atoms with Crippen LogP contribution in [0.3, 0.4) is 0 Å². The van der Waals surface area contributed by atoms with Gasteiger partial charge in [-0.3, -0.25) is 14.2 Å². The Kier molecular flexibility index (Phi) is 5.76. The lowest BCUT2D eigenvalue weighted by Crippen LogP contribution is -2.44. The van der Waals surface area contributed by atoms with Crippen molar-refractivity contribution in [1.82, 2.24) is 9.55 Å². The molecule has 1 heterocycles. The zero-order valence-electron chi connectivity index (χ0n) is 15.5. The van der Waals surface area contributed by atoms with E-state index in [4.69, 9.17) is 21.1 Å². The molecule has 0 bridgehead atoms. The van der Waals surface area contributed by atoms with Gasteiger partial charge in [0.15, 0.2) is 0 Å². The Labute approximate surface area is 158 Å². The van der Waals surface area contributed by atoms with Gasteiger partial charge in [0.25, 0.3) is 0 Å². The van der Waals surface area contributed by atoms with Crippen molar-refractivity contribution < 1.29 is 19.1 Å². The fraction of sp³-hybridized carbons (Fsp3) is 0.421. The molecule has 0 aliphatic heterocycles. The van der Waals surface area contributed by atoms with Gasteiger partial charge in [-0.2, -0.15) is 0 Å². The maximum atomic E-state index is 13.2. The van der Waals surface area contributed by atoms with Gasteiger partial charge in [-0.25, -0.2) is 4.98 Å². The van der Waals surface area contributed by atoms with E-state index in [2.05, 4.69) is 4.98 Å². The van der Waals surface area contributed by atoms with Crippen LogP contribution in [0.4, 0.5) is 0 Å². The maximum absolute atomic E-state index is 13.2. The minimum atomic E-state index is -1.41. The quantitative estimate of drug-likeness (QED) is 0.560. The Morgan fingerprint density at radius 1 is 1.12 bits per heavy atom. The summed E-state index contributed by atoms with van der Waals surface area (Å²) in [7, 11) is 0. The molecule has 7 heteroatoms. The van der Waals surface area contributed by atoms with E-state index in [0.717, 1.165) is 0 Å². The van der Waals surface area contributed by atoms with E-state index < -0.39 is 29.0 Å². The molecule has 0 radical (unpaired) electrons. The molecule has 1 unspecified atom stereocenters. The lowest BCUT2D eigenvalue weighted by atomic mass is 9.86. The molecule has 0 fully saturated rings. The van der Waals surface area contributed by atoms with Crippen LogP contribution in [-0.2, 0) is 14.3 Å². The van der Waals surface area contributed by atoms with Crippen LogP contribution in [0.5, 0.6) is 5.75 Å². The van der Waals surface area contributed by atoms with Crippen molar-refractivity contribution in [2.75, 3.05) is 0 Å². The molecule has 1 aromatic carbocycles. The fourth-order valence-electron chi connectivity index (χ4n) is 2.11. The number of hydrogen-bond acceptors (Lipinski definition) is 5. The van der Waals surface area contributed by atoms with E-state index in [1.165, 1.54) is 30.9 Å². The first kappa shape index (κ1) is 20.0. The highest BCUT2D eigenvalue weighted by atomic mass is 35.5. The molecule has 1 atom stereocenters. The number of Topliss-reactive ketones (excluding diaryl/α,β-unsaturated/α-hetero) is 1. The third kappa shape index (κ3) is 4.85. The smallest absolute Gasteiger partial charge is 0.319 e. The predicted octanol–water partition coefficient (Wildman–Crippen LogP) is 4.05. The molecule has 2 rings (SSSR count). The van der Waals surface area contributed by atoms with Crippen LogP contribution in [0.15, 0.2) is 43.0 Å². The summed E-state index contributed by atoms with van der Waals surface area (Å²) in [5.74, 6) is -0.610. The standard InChI is InChI=1S/C19H23ClN2O4/c1-18(2,3)26-17(24)19(4,5)15(23)16(22-11-10-21-12-22)25-14-8-6-13(20)7-9-14/h6-12,16H,1-5H3. The number of imidazole rings is 1. The second kappa shape index (κ2) is 7.50. The molecule has 0 saturated carbocycles. The van der Waals surface area contributed by atoms with Crippen molar-refractivity contribution in [1.29, 1.82) is 0 Å². The van der Waals surface area contributed by atoms with E-state index in [1.807, 2.05) is 0 Å². The third-order valence-corrected chi connectivity index (χ3v) is 3.86. The van der Waals surface area contributed by atoms with Gasteiger partial charge in [0.1, 0.15) is 16.8 Å². The Bertz CT molecular complexity index is 762. The Morgan fingerprint density at radius 3 is 2.23 bits per heavy atom. The van der Waals surface area contributed by atoms with Gasteiger partial charge < -0.3 is 9.47 Å². The summed E-state index contributed by atoms with van der Waals surface area (Å²) in [5, 5.41) is 0.553. The van der Waals surface area contributed by atoms with Crippen LogP contribution in [0, 0.1) is 5.41 Å². The van der Waals surface area contributed by atoms with E-state index in [-0.39, 0.29) is 0 Å². The molecule has 26 heavy (non-hydrogen) atoms. The second-order valence-electron chi connectivity index (χ2n) is 7.43. The van der Waals surface area contributed by atoms with E-state index in [0.29, 0.717) is 10.8 Å². The minimum absolute atomic E-state index is 0.445. The number of rotatable bonds is 6. The summed E-state index contributed by atoms with van der Waals surface area (Å²) in [6, 6.07) is 6.62. The first-order valence-electron chi connectivity index (χ1n) is 8.18. The average Bonchev–Trinajstić information content (AvgIpc) is 3.06. The number of nitrogens with zero attached hydrogens (tertiary/aromatic N) is 2. The number of benzene rings is 1. The Morgan fingerprint density at radius 2 is 1.73 bits per heavy atom. The number of ketones is 1. The van der Waals surface area contributed by atoms with Crippen molar-refractivity contribution in [3.05, 3.63) is 48.0 Å². The zero-order valence-corrected chi connectivity index (χ0v) is 16.3. The minimum Gasteiger partial charge on any atom is -0.463 e. The summed E-state index contributed by atoms with van der Waals surface area (Å²) >= 11 is 5.89. The highest BCUT2D eigenvalue weighted by Gasteiger charge is 2.44. The normalized spacial score (nSPS) is 13.2. The lowest BCUT2D eigenvalue weighted by Gasteiger charge is -2.30. The number of halogens is 1. The van der Waals surface area contributed by atoms with Gasteiger partial charge >= 0.3 is 5.97 Å². The van der Waals surface area contributed by atoms with Crippen LogP contribution < -0.4 is 4.74 Å². The van der Waals surface area contributed by atoms with Crippen molar-refractivity contribution in [2.24, 2.45) is 5.41 Å². The van der Waals surface area contributed by atoms with Gasteiger partial charge in [-0.05, 0) is 58.9 Å². The van der Waals surface area contributed by atoms with Crippen LogP contribution in [0.25, 0.3) is 0 Å². The number of carbonyl (C=O) groups excluding carboxylic acids is 2. The highest BCUT2D eigenvalue weighted by Crippen LogP contribution is 2.30. The molecule has 140 valence electrons. The molecule has 0 N–H and O–H groups in total. The van der Waals surface area contributed by atoms with E-state index in [9.17, 15) is 9.59 Å². The molecule has 0 aliphatic rings. The largest absolute Gasteiger partial charge is 0.463 e. The molecule has 1 aromatic heterocycles. The highest BCUT2D eigenvalue weighted by molar-refractivity contribution is 6.30. The summed E-state index contributed by atoms with van der Waals surface area (Å²) in [6.45, 7) is 8.31. The van der Waals surface area contributed by atoms with Crippen LogP contribution in [0.1, 0.15) is 40.8 Å². The van der Waals surface area contributed by atoms with E-state index in [1.54, 1.807) is 51.2 Å². The summed E-state index contributed by atoms with van der Waals surface area (Å²) in [6.07, 6.45) is 3.53. The molecule has 0 saturated heterocycles. The van der Waals surface area contributed by atoms with Gasteiger partial charge in [0.2, 0.25) is 12.0 Å². The van der Waals surface area contributed by atoms with Gasteiger partial charge in [-0.15, -0.1) is 0 Å². The van der Waals surface area contributed by atoms with Crippen LogP contribution >= 0.6 is 11.6 Å². The Hall–Kier alpha value is -2.34. The molecule has 0 spiro atoms. The molecule has 6 nitrogen and oxygen atoms in total. The summed E-state index contributed by atoms with van der Waals surface area (Å²) in [4.78, 5) is 29.7. The molecular formula is C19H23ClN2O4. The monoisotopic (exact) mass is 378 g/mol. The first-order chi connectivity index (χ1) is 12.0. The second-order valence-corrected chi connectivity index (χ2v) is 7.86. The average molecular weight is 379 g/mol. The SMILES string of the molecule is CC(C)(C)OC(=O)C(C)(C)C(=O)C(Oc1ccc(Cl)cc1)n1ccnc1. The van der Waals surface area contributed by atoms with Crippen LogP contribution in [-0.4, -0.2) is 26.9 Å². The number of ether oxygens (including phenoxy) is 2. The first-order valence-corrected chi connectivity index (χ1v) is 8.56. The fourth-order valence-corrected chi connectivity index (χ4v) is 2.24. The predicted molar refractivity (Wildman–Crippen MR) is 98.0 cm³/mol. The zero-order chi connectivity index (χ0) is 19.5. The summed E-state index contributed by atoms with van der Waals surface area (Å²) < 4.78 is 12.8. The number of esters is 1. The number of hydrogen-bond donors (Lipinski definition) is 0. The molecular weight excluding hydrogens is 356 g/mol. The van der Waals surface area contributed by atoms with Gasteiger partial charge in [0, 0.05) is 17.4 Å². The van der Waals surface area contributed by atoms with Crippen molar-refractivity contribution >= 4 is 23.4 Å². The topological polar surface area (TPSA) is 70.4 Å². The van der Waals surface area contributed by atoms with Crippen LogP contribution in [0.2, 0.25) is 5.02 Å². The molecule has 0 amide bonds. The maximum Gasteiger partial charge on any atom is 0.319 e. The van der Waals surface area contributed by atoms with Gasteiger partial charge in [-0.1, -0.05) is 11.6 Å².